The highest BCUT2D eigenvalue weighted by Gasteiger charge is 2.47. The van der Waals surface area contributed by atoms with Crippen LogP contribution in [0.1, 0.15) is 36.8 Å². The molecule has 1 aliphatic heterocycles. The number of thiophene rings is 1. The van der Waals surface area contributed by atoms with E-state index in [0.717, 1.165) is 16.7 Å². The van der Waals surface area contributed by atoms with Crippen LogP contribution in [0.5, 0.6) is 0 Å². The molecule has 10 heteroatoms. The molecule has 1 amide bonds. The maximum absolute atomic E-state index is 13.6. The molecule has 1 atom stereocenters. The molecular weight excluding hydrogens is 488 g/mol. The van der Waals surface area contributed by atoms with Crippen LogP contribution in [0.15, 0.2) is 76.2 Å². The normalized spacial score (nSPS) is 15.7. The number of nitrogens with zero attached hydrogens (tertiary/aromatic N) is 2. The van der Waals surface area contributed by atoms with Gasteiger partial charge in [0.25, 0.3) is 5.91 Å². The van der Waals surface area contributed by atoms with Crippen LogP contribution in [0.3, 0.4) is 0 Å². The number of Topliss-reactive ketones (excluding diaryl/α,β-unsaturated/α-hetero) is 1. The quantitative estimate of drug-likeness (QED) is 0.203. The number of aliphatic hydroxyl groups is 1. The molecule has 0 saturated carbocycles. The summed E-state index contributed by atoms with van der Waals surface area (Å²) in [6, 6.07) is 11.3. The van der Waals surface area contributed by atoms with Gasteiger partial charge in [-0.25, -0.2) is 9.78 Å². The number of hydrogen-bond donors (Lipinski definition) is 1. The summed E-state index contributed by atoms with van der Waals surface area (Å²) in [5, 5.41) is 13.6. The first kappa shape index (κ1) is 22.8. The average Bonchev–Trinajstić information content (AvgIpc) is 3.63. The standard InChI is InChI=1S/C25H18N2O6S2/c1-3-10-32-24(31)22-13(2)26-25(35-22)27-19(17-9-6-11-34-17)18(21(29)23(27)30)20(28)16-12-14-7-4-5-8-15(14)33-16/h3-9,11-12,19,29H,1,10H2,2H3. The van der Waals surface area contributed by atoms with Crippen LogP contribution in [0.4, 0.5) is 5.13 Å². The van der Waals surface area contributed by atoms with Crippen molar-refractivity contribution in [2.24, 2.45) is 0 Å². The Kier molecular flexibility index (Phi) is 5.83. The van der Waals surface area contributed by atoms with Gasteiger partial charge in [-0.3, -0.25) is 14.5 Å². The maximum Gasteiger partial charge on any atom is 0.350 e. The Balaban J connectivity index is 1.58. The number of fused-ring (bicyclic) bond motifs is 1. The fraction of sp³-hybridized carbons (Fsp3) is 0.120. The third-order valence-corrected chi connectivity index (χ3v) is 7.49. The minimum Gasteiger partial charge on any atom is -0.503 e. The molecule has 4 heterocycles. The summed E-state index contributed by atoms with van der Waals surface area (Å²) in [4.78, 5) is 45.8. The van der Waals surface area contributed by atoms with Crippen molar-refractivity contribution in [3.63, 3.8) is 0 Å². The van der Waals surface area contributed by atoms with E-state index in [9.17, 15) is 19.5 Å². The number of rotatable bonds is 7. The third-order valence-electron chi connectivity index (χ3n) is 5.42. The molecule has 1 aliphatic rings. The van der Waals surface area contributed by atoms with E-state index in [2.05, 4.69) is 11.6 Å². The van der Waals surface area contributed by atoms with Gasteiger partial charge in [0.05, 0.1) is 11.3 Å². The highest BCUT2D eigenvalue weighted by atomic mass is 32.1. The van der Waals surface area contributed by atoms with Gasteiger partial charge in [-0.15, -0.1) is 11.3 Å². The summed E-state index contributed by atoms with van der Waals surface area (Å²) in [6.07, 6.45) is 1.45. The number of ether oxygens (including phenoxy) is 1. The number of aromatic nitrogens is 1. The Morgan fingerprint density at radius 1 is 1.29 bits per heavy atom. The number of aryl methyl sites for hydroxylation is 1. The molecule has 0 radical (unpaired) electrons. The Morgan fingerprint density at radius 3 is 2.80 bits per heavy atom. The number of carbonyl (C=O) groups excluding carboxylic acids is 3. The van der Waals surface area contributed by atoms with Crippen LogP contribution in [0.25, 0.3) is 11.0 Å². The monoisotopic (exact) mass is 506 g/mol. The summed E-state index contributed by atoms with van der Waals surface area (Å²) in [6.45, 7) is 5.18. The Hall–Kier alpha value is -4.02. The number of para-hydroxylation sites is 1. The number of hydrogen-bond acceptors (Lipinski definition) is 9. The van der Waals surface area contributed by atoms with Gasteiger partial charge in [0.2, 0.25) is 5.78 Å². The van der Waals surface area contributed by atoms with Crippen LogP contribution < -0.4 is 4.90 Å². The largest absolute Gasteiger partial charge is 0.503 e. The smallest absolute Gasteiger partial charge is 0.350 e. The van der Waals surface area contributed by atoms with E-state index >= 15 is 0 Å². The molecule has 4 aromatic rings. The predicted octanol–water partition coefficient (Wildman–Crippen LogP) is 5.38. The average molecular weight is 507 g/mol. The van der Waals surface area contributed by atoms with E-state index in [1.165, 1.54) is 22.3 Å². The first-order valence-corrected chi connectivity index (χ1v) is 12.2. The molecule has 0 aliphatic carbocycles. The van der Waals surface area contributed by atoms with Gasteiger partial charge in [0.1, 0.15) is 23.1 Å². The van der Waals surface area contributed by atoms with Crippen LogP contribution >= 0.6 is 22.7 Å². The van der Waals surface area contributed by atoms with Crippen LogP contribution in [-0.2, 0) is 9.53 Å². The molecule has 176 valence electrons. The second-order valence-electron chi connectivity index (χ2n) is 7.63. The maximum atomic E-state index is 13.6. The SMILES string of the molecule is C=CCOC(=O)c1sc(N2C(=O)C(O)=C(C(=O)c3cc4ccccc4o3)C2c2cccs2)nc1C. The van der Waals surface area contributed by atoms with E-state index in [-0.39, 0.29) is 27.9 Å². The minimum absolute atomic E-state index is 0.00738. The fourth-order valence-electron chi connectivity index (χ4n) is 3.85. The number of amides is 1. The summed E-state index contributed by atoms with van der Waals surface area (Å²) < 4.78 is 10.8. The van der Waals surface area contributed by atoms with Crippen molar-refractivity contribution in [1.82, 2.24) is 4.98 Å². The zero-order valence-electron chi connectivity index (χ0n) is 18.4. The lowest BCUT2D eigenvalue weighted by Crippen LogP contribution is -2.30. The number of furan rings is 1. The van der Waals surface area contributed by atoms with Gasteiger partial charge < -0.3 is 14.3 Å². The van der Waals surface area contributed by atoms with Gasteiger partial charge in [-0.2, -0.15) is 0 Å². The van der Waals surface area contributed by atoms with Crippen molar-refractivity contribution in [2.75, 3.05) is 11.5 Å². The zero-order chi connectivity index (χ0) is 24.7. The molecule has 8 nitrogen and oxygen atoms in total. The van der Waals surface area contributed by atoms with Crippen molar-refractivity contribution >= 4 is 56.4 Å². The predicted molar refractivity (Wildman–Crippen MR) is 132 cm³/mol. The molecule has 0 spiro atoms. The second kappa shape index (κ2) is 8.97. The van der Waals surface area contributed by atoms with Crippen molar-refractivity contribution < 1.29 is 28.6 Å². The van der Waals surface area contributed by atoms with E-state index in [0.29, 0.717) is 16.2 Å². The van der Waals surface area contributed by atoms with Gasteiger partial charge in [0.15, 0.2) is 16.7 Å². The molecular formula is C25H18N2O6S2. The van der Waals surface area contributed by atoms with E-state index in [1.54, 1.807) is 43.3 Å². The van der Waals surface area contributed by atoms with E-state index < -0.39 is 29.5 Å². The van der Waals surface area contributed by atoms with Gasteiger partial charge in [0, 0.05) is 10.3 Å². The summed E-state index contributed by atoms with van der Waals surface area (Å²) in [5.74, 6) is -2.67. The number of anilines is 1. The van der Waals surface area contributed by atoms with Gasteiger partial charge in [-0.05, 0) is 30.5 Å². The minimum atomic E-state index is -0.939. The molecule has 1 N–H and O–H groups in total. The van der Waals surface area contributed by atoms with Crippen molar-refractivity contribution in [2.45, 2.75) is 13.0 Å². The Labute approximate surface area is 207 Å². The van der Waals surface area contributed by atoms with E-state index in [4.69, 9.17) is 9.15 Å². The van der Waals surface area contributed by atoms with Crippen LogP contribution in [0.2, 0.25) is 0 Å². The molecule has 0 bridgehead atoms. The second-order valence-corrected chi connectivity index (χ2v) is 9.59. The first-order valence-electron chi connectivity index (χ1n) is 10.5. The summed E-state index contributed by atoms with van der Waals surface area (Å²) in [5.41, 5.74) is 0.775. The summed E-state index contributed by atoms with van der Waals surface area (Å²) in [7, 11) is 0. The number of thiazole rings is 1. The molecule has 0 saturated heterocycles. The molecule has 0 fully saturated rings. The molecule has 3 aromatic heterocycles. The highest BCUT2D eigenvalue weighted by Crippen LogP contribution is 2.45. The highest BCUT2D eigenvalue weighted by molar-refractivity contribution is 7.17. The fourth-order valence-corrected chi connectivity index (χ4v) is 5.66. The van der Waals surface area contributed by atoms with Crippen LogP contribution in [-0.4, -0.2) is 34.4 Å². The number of aliphatic hydroxyl groups excluding tert-OH is 1. The number of esters is 1. The number of carbonyl (C=O) groups is 3. The number of benzene rings is 1. The van der Waals surface area contributed by atoms with Crippen LogP contribution in [0, 0.1) is 6.92 Å². The van der Waals surface area contributed by atoms with Crippen molar-refractivity contribution in [1.29, 1.82) is 0 Å². The first-order chi connectivity index (χ1) is 16.9. The lowest BCUT2D eigenvalue weighted by atomic mass is 10.0. The Bertz CT molecular complexity index is 1480. The molecule has 1 unspecified atom stereocenters. The lowest BCUT2D eigenvalue weighted by molar-refractivity contribution is -0.117. The third kappa shape index (κ3) is 3.86. The van der Waals surface area contributed by atoms with Gasteiger partial charge >= 0.3 is 5.97 Å². The number of ketones is 1. The molecule has 5 rings (SSSR count). The Morgan fingerprint density at radius 2 is 2.09 bits per heavy atom. The summed E-state index contributed by atoms with van der Waals surface area (Å²) >= 11 is 2.28. The lowest BCUT2D eigenvalue weighted by Gasteiger charge is -2.22. The topological polar surface area (TPSA) is 110 Å². The van der Waals surface area contributed by atoms with Crippen molar-refractivity contribution in [3.05, 3.63) is 93.0 Å². The molecule has 35 heavy (non-hydrogen) atoms. The van der Waals surface area contributed by atoms with E-state index in [1.807, 2.05) is 11.4 Å². The van der Waals surface area contributed by atoms with Gasteiger partial charge in [-0.1, -0.05) is 48.3 Å². The van der Waals surface area contributed by atoms with Crippen molar-refractivity contribution in [3.8, 4) is 0 Å². The zero-order valence-corrected chi connectivity index (χ0v) is 20.0. The molecule has 1 aromatic carbocycles.